The van der Waals surface area contributed by atoms with Crippen LogP contribution in [-0.2, 0) is 0 Å². The fraction of sp³-hybridized carbons (Fsp3) is 0.500. The van der Waals surface area contributed by atoms with E-state index in [1.807, 2.05) is 11.8 Å². The highest BCUT2D eigenvalue weighted by molar-refractivity contribution is 7.99. The highest BCUT2D eigenvalue weighted by Gasteiger charge is 2.26. The lowest BCUT2D eigenvalue weighted by Gasteiger charge is -2.10. The first-order chi connectivity index (χ1) is 6.93. The average Bonchev–Trinajstić information content (AvgIpc) is 2.96. The van der Waals surface area contributed by atoms with Gasteiger partial charge in [0.25, 0.3) is 0 Å². The van der Waals surface area contributed by atoms with Gasteiger partial charge < -0.3 is 5.32 Å². The van der Waals surface area contributed by atoms with Crippen LogP contribution in [0.25, 0.3) is 0 Å². The molecule has 2 heteroatoms. The Morgan fingerprint density at radius 3 is 3.00 bits per heavy atom. The van der Waals surface area contributed by atoms with Gasteiger partial charge >= 0.3 is 0 Å². The lowest BCUT2D eigenvalue weighted by atomic mass is 10.0. The molecule has 2 aliphatic rings. The van der Waals surface area contributed by atoms with Gasteiger partial charge in [-0.25, -0.2) is 0 Å². The van der Waals surface area contributed by atoms with Crippen LogP contribution in [0.5, 0.6) is 0 Å². The molecule has 1 fully saturated rings. The second kappa shape index (κ2) is 3.59. The molecule has 1 aromatic rings. The summed E-state index contributed by atoms with van der Waals surface area (Å²) in [6.45, 7) is 1.18. The minimum atomic E-state index is 0.747. The van der Waals surface area contributed by atoms with Crippen LogP contribution in [0.2, 0.25) is 0 Å². The Hall–Kier alpha value is -0.470. The summed E-state index contributed by atoms with van der Waals surface area (Å²) >= 11 is 2.01. The normalized spacial score (nSPS) is 25.0. The van der Waals surface area contributed by atoms with Gasteiger partial charge in [0.1, 0.15) is 0 Å². The molecular formula is C12H15NS. The molecule has 0 bridgehead atoms. The van der Waals surface area contributed by atoms with E-state index in [2.05, 4.69) is 29.6 Å². The molecule has 1 nitrogen and oxygen atoms in total. The molecular weight excluding hydrogens is 190 g/mol. The number of thioether (sulfide) groups is 1. The second-order valence-electron chi connectivity index (χ2n) is 4.23. The molecule has 0 amide bonds. The number of rotatable bonds is 3. The largest absolute Gasteiger partial charge is 0.313 e. The van der Waals surface area contributed by atoms with Gasteiger partial charge in [-0.2, -0.15) is 0 Å². The van der Waals surface area contributed by atoms with E-state index in [-0.39, 0.29) is 0 Å². The lowest BCUT2D eigenvalue weighted by Crippen LogP contribution is -2.23. The van der Waals surface area contributed by atoms with Gasteiger partial charge in [0.2, 0.25) is 0 Å². The van der Waals surface area contributed by atoms with Crippen molar-refractivity contribution in [2.75, 3.05) is 12.3 Å². The van der Waals surface area contributed by atoms with Crippen molar-refractivity contribution >= 4 is 11.8 Å². The van der Waals surface area contributed by atoms with Crippen molar-refractivity contribution in [1.82, 2.24) is 5.32 Å². The molecule has 0 saturated heterocycles. The van der Waals surface area contributed by atoms with Crippen molar-refractivity contribution in [2.45, 2.75) is 29.7 Å². The van der Waals surface area contributed by atoms with E-state index in [0.717, 1.165) is 12.0 Å². The van der Waals surface area contributed by atoms with Gasteiger partial charge in [0.05, 0.1) is 0 Å². The van der Waals surface area contributed by atoms with Crippen LogP contribution in [0.15, 0.2) is 29.2 Å². The first-order valence-corrected chi connectivity index (χ1v) is 6.37. The second-order valence-corrected chi connectivity index (χ2v) is 5.29. The van der Waals surface area contributed by atoms with Crippen molar-refractivity contribution < 1.29 is 0 Å². The summed E-state index contributed by atoms with van der Waals surface area (Å²) in [6, 6.07) is 9.68. The number of nitrogens with one attached hydrogen (secondary N) is 1. The third-order valence-electron chi connectivity index (χ3n) is 3.03. The summed E-state index contributed by atoms with van der Waals surface area (Å²) in [5, 5.41) is 3.63. The van der Waals surface area contributed by atoms with Crippen molar-refractivity contribution in [3.05, 3.63) is 29.8 Å². The molecule has 1 aliphatic carbocycles. The number of benzene rings is 1. The predicted octanol–water partition coefficient (Wildman–Crippen LogP) is 2.63. The van der Waals surface area contributed by atoms with Crippen molar-refractivity contribution in [1.29, 1.82) is 0 Å². The average molecular weight is 205 g/mol. The lowest BCUT2D eigenvalue weighted by molar-refractivity contribution is 0.618. The van der Waals surface area contributed by atoms with Gasteiger partial charge in [-0.15, -0.1) is 11.8 Å². The minimum Gasteiger partial charge on any atom is -0.313 e. The summed E-state index contributed by atoms with van der Waals surface area (Å²) in [5.74, 6) is 2.01. The van der Waals surface area contributed by atoms with Gasteiger partial charge in [-0.05, 0) is 24.5 Å². The molecule has 14 heavy (non-hydrogen) atoms. The molecule has 1 N–H and O–H groups in total. The first kappa shape index (κ1) is 8.81. The molecule has 1 atom stereocenters. The number of hydrogen-bond acceptors (Lipinski definition) is 2. The summed E-state index contributed by atoms with van der Waals surface area (Å²) in [7, 11) is 0. The molecule has 1 saturated carbocycles. The SMILES string of the molecule is c1ccc2c(c1)SCC2CNC1CC1. The van der Waals surface area contributed by atoms with Crippen LogP contribution >= 0.6 is 11.8 Å². The fourth-order valence-electron chi connectivity index (χ4n) is 1.99. The summed E-state index contributed by atoms with van der Waals surface area (Å²) < 4.78 is 0. The van der Waals surface area contributed by atoms with Crippen LogP contribution in [0, 0.1) is 0 Å². The van der Waals surface area contributed by atoms with Gasteiger partial charge in [-0.3, -0.25) is 0 Å². The van der Waals surface area contributed by atoms with Crippen LogP contribution in [0.1, 0.15) is 24.3 Å². The van der Waals surface area contributed by atoms with Crippen molar-refractivity contribution in [3.8, 4) is 0 Å². The smallest absolute Gasteiger partial charge is 0.0108 e. The maximum atomic E-state index is 3.63. The van der Waals surface area contributed by atoms with Crippen LogP contribution in [0.3, 0.4) is 0 Å². The van der Waals surface area contributed by atoms with E-state index in [9.17, 15) is 0 Å². The molecule has 1 aliphatic heterocycles. The van der Waals surface area contributed by atoms with Gasteiger partial charge in [0.15, 0.2) is 0 Å². The predicted molar refractivity (Wildman–Crippen MR) is 60.9 cm³/mol. The van der Waals surface area contributed by atoms with Crippen LogP contribution in [-0.4, -0.2) is 18.3 Å². The van der Waals surface area contributed by atoms with Crippen LogP contribution in [0.4, 0.5) is 0 Å². The zero-order valence-electron chi connectivity index (χ0n) is 8.20. The molecule has 3 rings (SSSR count). The van der Waals surface area contributed by atoms with Crippen molar-refractivity contribution in [3.63, 3.8) is 0 Å². The summed E-state index contributed by atoms with van der Waals surface area (Å²) in [6.07, 6.45) is 2.78. The maximum absolute atomic E-state index is 3.63. The fourth-order valence-corrected chi connectivity index (χ4v) is 3.25. The Morgan fingerprint density at radius 1 is 1.29 bits per heavy atom. The first-order valence-electron chi connectivity index (χ1n) is 5.38. The van der Waals surface area contributed by atoms with E-state index in [1.54, 1.807) is 5.56 Å². The third kappa shape index (κ3) is 1.69. The topological polar surface area (TPSA) is 12.0 Å². The Kier molecular flexibility index (Phi) is 2.26. The summed E-state index contributed by atoms with van der Waals surface area (Å²) in [5.41, 5.74) is 1.56. The molecule has 0 radical (unpaired) electrons. The van der Waals surface area contributed by atoms with Gasteiger partial charge in [0, 0.05) is 29.2 Å². The standard InChI is InChI=1S/C12H15NS/c1-2-4-12-11(3-1)9(8-14-12)7-13-10-5-6-10/h1-4,9-10,13H,5-8H2. The molecule has 0 aromatic heterocycles. The minimum absolute atomic E-state index is 0.747. The van der Waals surface area contributed by atoms with E-state index in [4.69, 9.17) is 0 Å². The highest BCUT2D eigenvalue weighted by atomic mass is 32.2. The van der Waals surface area contributed by atoms with E-state index in [0.29, 0.717) is 0 Å². The number of fused-ring (bicyclic) bond motifs is 1. The summed E-state index contributed by atoms with van der Waals surface area (Å²) in [4.78, 5) is 1.50. The molecule has 0 spiro atoms. The van der Waals surface area contributed by atoms with Gasteiger partial charge in [-0.1, -0.05) is 18.2 Å². The molecule has 1 heterocycles. The molecule has 1 aromatic carbocycles. The molecule has 1 unspecified atom stereocenters. The Balaban J connectivity index is 1.70. The highest BCUT2D eigenvalue weighted by Crippen LogP contribution is 2.39. The van der Waals surface area contributed by atoms with Crippen LogP contribution < -0.4 is 5.32 Å². The Labute approximate surface area is 89.3 Å². The Bertz CT molecular complexity index is 333. The third-order valence-corrected chi connectivity index (χ3v) is 4.28. The number of hydrogen-bond donors (Lipinski definition) is 1. The van der Waals surface area contributed by atoms with Crippen molar-refractivity contribution in [2.24, 2.45) is 0 Å². The van der Waals surface area contributed by atoms with E-state index >= 15 is 0 Å². The molecule has 74 valence electrons. The quantitative estimate of drug-likeness (QED) is 0.814. The maximum Gasteiger partial charge on any atom is 0.0108 e. The van der Waals surface area contributed by atoms with E-state index in [1.165, 1.54) is 30.0 Å². The Morgan fingerprint density at radius 2 is 2.14 bits per heavy atom. The zero-order chi connectivity index (χ0) is 9.38. The zero-order valence-corrected chi connectivity index (χ0v) is 9.02. The van der Waals surface area contributed by atoms with E-state index < -0.39 is 0 Å². The monoisotopic (exact) mass is 205 g/mol.